The molecule has 1 amide bonds. The number of H-pyrrole nitrogens is 2. The van der Waals surface area contributed by atoms with Crippen LogP contribution < -0.4 is 0 Å². The van der Waals surface area contributed by atoms with E-state index >= 15 is 0 Å². The number of hydrogen-bond acceptors (Lipinski definition) is 3. The average molecular weight is 281 g/mol. The third kappa shape index (κ3) is 2.84. The molecule has 0 fully saturated rings. The number of nitrogens with zero attached hydrogens (tertiary/aromatic N) is 3. The second-order valence-electron chi connectivity index (χ2n) is 4.73. The van der Waals surface area contributed by atoms with Crippen LogP contribution in [0.15, 0.2) is 48.8 Å². The summed E-state index contributed by atoms with van der Waals surface area (Å²) in [5.41, 5.74) is 2.19. The fraction of sp³-hybridized carbons (Fsp3) is 0.133. The van der Waals surface area contributed by atoms with Crippen molar-refractivity contribution in [2.75, 3.05) is 7.05 Å². The van der Waals surface area contributed by atoms with Gasteiger partial charge in [0.25, 0.3) is 5.91 Å². The molecule has 2 aromatic heterocycles. The zero-order valence-corrected chi connectivity index (χ0v) is 11.6. The molecule has 2 N–H and O–H groups in total. The number of benzene rings is 1. The van der Waals surface area contributed by atoms with Crippen LogP contribution in [0.25, 0.3) is 11.3 Å². The van der Waals surface area contributed by atoms with Crippen LogP contribution in [0.4, 0.5) is 0 Å². The zero-order chi connectivity index (χ0) is 14.7. The van der Waals surface area contributed by atoms with Gasteiger partial charge in [-0.2, -0.15) is 5.10 Å². The zero-order valence-electron chi connectivity index (χ0n) is 11.6. The fourth-order valence-electron chi connectivity index (χ4n) is 2.07. The van der Waals surface area contributed by atoms with Crippen LogP contribution in [-0.2, 0) is 6.54 Å². The summed E-state index contributed by atoms with van der Waals surface area (Å²) in [5, 5.41) is 6.98. The molecule has 106 valence electrons. The van der Waals surface area contributed by atoms with Gasteiger partial charge in [0.2, 0.25) is 0 Å². The first-order chi connectivity index (χ1) is 10.2. The lowest BCUT2D eigenvalue weighted by molar-refractivity contribution is 0.0776. The molecule has 0 aliphatic heterocycles. The van der Waals surface area contributed by atoms with Crippen LogP contribution in [0.1, 0.15) is 16.3 Å². The van der Waals surface area contributed by atoms with E-state index in [2.05, 4.69) is 20.2 Å². The number of carbonyl (C=O) groups excluding carboxylic acids is 1. The molecule has 0 saturated heterocycles. The van der Waals surface area contributed by atoms with E-state index in [9.17, 15) is 4.79 Å². The minimum Gasteiger partial charge on any atom is -0.347 e. The van der Waals surface area contributed by atoms with Gasteiger partial charge in [0.15, 0.2) is 0 Å². The van der Waals surface area contributed by atoms with Crippen LogP contribution in [0.3, 0.4) is 0 Å². The third-order valence-electron chi connectivity index (χ3n) is 3.17. The van der Waals surface area contributed by atoms with E-state index in [-0.39, 0.29) is 5.91 Å². The highest BCUT2D eigenvalue weighted by molar-refractivity contribution is 5.93. The van der Waals surface area contributed by atoms with Crippen LogP contribution in [0.2, 0.25) is 0 Å². The number of aromatic amines is 2. The van der Waals surface area contributed by atoms with Crippen molar-refractivity contribution >= 4 is 5.91 Å². The average Bonchev–Trinajstić information content (AvgIpc) is 3.18. The van der Waals surface area contributed by atoms with Crippen LogP contribution >= 0.6 is 0 Å². The Balaban J connectivity index is 1.75. The van der Waals surface area contributed by atoms with Crippen molar-refractivity contribution < 1.29 is 4.79 Å². The number of carbonyl (C=O) groups is 1. The summed E-state index contributed by atoms with van der Waals surface area (Å²) in [6.07, 6.45) is 3.40. The van der Waals surface area contributed by atoms with Crippen LogP contribution in [0, 0.1) is 0 Å². The number of nitrogens with one attached hydrogen (secondary N) is 2. The lowest BCUT2D eigenvalue weighted by Crippen LogP contribution is -2.27. The molecule has 3 aromatic rings. The Hall–Kier alpha value is -2.89. The molecule has 2 heterocycles. The summed E-state index contributed by atoms with van der Waals surface area (Å²) in [6, 6.07) is 11.5. The lowest BCUT2D eigenvalue weighted by Gasteiger charge is -2.14. The molecule has 0 aliphatic rings. The first-order valence-corrected chi connectivity index (χ1v) is 6.58. The van der Waals surface area contributed by atoms with Crippen molar-refractivity contribution in [3.05, 3.63) is 60.3 Å². The van der Waals surface area contributed by atoms with Crippen molar-refractivity contribution in [3.8, 4) is 11.3 Å². The molecule has 0 aliphatic carbocycles. The van der Waals surface area contributed by atoms with Gasteiger partial charge in [-0.05, 0) is 6.07 Å². The van der Waals surface area contributed by atoms with Gasteiger partial charge in [-0.25, -0.2) is 4.98 Å². The SMILES string of the molecule is CN(Cc1ncc[nH]1)C(=O)c1cc(-c2ccccc2)n[nH]1. The van der Waals surface area contributed by atoms with Gasteiger partial charge >= 0.3 is 0 Å². The largest absolute Gasteiger partial charge is 0.347 e. The minimum absolute atomic E-state index is 0.124. The minimum atomic E-state index is -0.124. The maximum Gasteiger partial charge on any atom is 0.272 e. The number of amides is 1. The second kappa shape index (κ2) is 5.62. The highest BCUT2D eigenvalue weighted by Crippen LogP contribution is 2.17. The van der Waals surface area contributed by atoms with Gasteiger partial charge in [-0.15, -0.1) is 0 Å². The number of rotatable bonds is 4. The highest BCUT2D eigenvalue weighted by Gasteiger charge is 2.16. The Kier molecular flexibility index (Phi) is 3.51. The first-order valence-electron chi connectivity index (χ1n) is 6.58. The molecule has 21 heavy (non-hydrogen) atoms. The molecule has 6 heteroatoms. The van der Waals surface area contributed by atoms with E-state index in [4.69, 9.17) is 0 Å². The topological polar surface area (TPSA) is 77.7 Å². The highest BCUT2D eigenvalue weighted by atomic mass is 16.2. The maximum atomic E-state index is 12.3. The molecule has 0 saturated carbocycles. The number of imidazole rings is 1. The molecule has 6 nitrogen and oxygen atoms in total. The quantitative estimate of drug-likeness (QED) is 0.768. The molecular weight excluding hydrogens is 266 g/mol. The molecule has 0 atom stereocenters. The number of hydrogen-bond donors (Lipinski definition) is 2. The normalized spacial score (nSPS) is 10.5. The Morgan fingerprint density at radius 1 is 1.29 bits per heavy atom. The summed E-state index contributed by atoms with van der Waals surface area (Å²) in [5.74, 6) is 0.620. The standard InChI is InChI=1S/C15H15N5O/c1-20(10-14-16-7-8-17-14)15(21)13-9-12(18-19-13)11-5-3-2-4-6-11/h2-9H,10H2,1H3,(H,16,17)(H,18,19). The Morgan fingerprint density at radius 3 is 2.81 bits per heavy atom. The Bertz CT molecular complexity index is 718. The summed E-state index contributed by atoms with van der Waals surface area (Å²) >= 11 is 0. The summed E-state index contributed by atoms with van der Waals surface area (Å²) in [7, 11) is 1.73. The molecule has 3 rings (SSSR count). The van der Waals surface area contributed by atoms with E-state index < -0.39 is 0 Å². The van der Waals surface area contributed by atoms with E-state index in [0.29, 0.717) is 12.2 Å². The molecule has 0 spiro atoms. The Morgan fingerprint density at radius 2 is 2.10 bits per heavy atom. The van der Waals surface area contributed by atoms with E-state index in [0.717, 1.165) is 17.1 Å². The second-order valence-corrected chi connectivity index (χ2v) is 4.73. The van der Waals surface area contributed by atoms with Crippen molar-refractivity contribution in [1.82, 2.24) is 25.1 Å². The van der Waals surface area contributed by atoms with E-state index in [1.807, 2.05) is 30.3 Å². The van der Waals surface area contributed by atoms with E-state index in [1.54, 1.807) is 30.4 Å². The summed E-state index contributed by atoms with van der Waals surface area (Å²) in [6.45, 7) is 0.422. The van der Waals surface area contributed by atoms with Crippen molar-refractivity contribution in [1.29, 1.82) is 0 Å². The predicted molar refractivity (Wildman–Crippen MR) is 78.4 cm³/mol. The van der Waals surface area contributed by atoms with Gasteiger partial charge in [0.1, 0.15) is 11.5 Å². The van der Waals surface area contributed by atoms with Gasteiger partial charge in [-0.1, -0.05) is 30.3 Å². The molecule has 1 aromatic carbocycles. The summed E-state index contributed by atoms with van der Waals surface area (Å²) in [4.78, 5) is 21.0. The monoisotopic (exact) mass is 281 g/mol. The third-order valence-corrected chi connectivity index (χ3v) is 3.17. The smallest absolute Gasteiger partial charge is 0.272 e. The molecule has 0 bridgehead atoms. The fourth-order valence-corrected chi connectivity index (χ4v) is 2.07. The van der Waals surface area contributed by atoms with Gasteiger partial charge < -0.3 is 9.88 Å². The predicted octanol–water partition coefficient (Wildman–Crippen LogP) is 2.07. The first kappa shape index (κ1) is 13.1. The summed E-state index contributed by atoms with van der Waals surface area (Å²) < 4.78 is 0. The van der Waals surface area contributed by atoms with Crippen molar-refractivity contribution in [3.63, 3.8) is 0 Å². The molecular formula is C15H15N5O. The Labute approximate surface area is 121 Å². The van der Waals surface area contributed by atoms with Gasteiger partial charge in [-0.3, -0.25) is 9.89 Å². The van der Waals surface area contributed by atoms with Crippen LogP contribution in [0.5, 0.6) is 0 Å². The lowest BCUT2D eigenvalue weighted by atomic mass is 10.1. The number of aromatic nitrogens is 4. The van der Waals surface area contributed by atoms with Crippen molar-refractivity contribution in [2.24, 2.45) is 0 Å². The maximum absolute atomic E-state index is 12.3. The van der Waals surface area contributed by atoms with Gasteiger partial charge in [0.05, 0.1) is 12.2 Å². The van der Waals surface area contributed by atoms with Crippen LogP contribution in [-0.4, -0.2) is 38.0 Å². The molecule has 0 unspecified atom stereocenters. The van der Waals surface area contributed by atoms with Gasteiger partial charge in [0, 0.05) is 25.0 Å². The molecule has 0 radical (unpaired) electrons. The van der Waals surface area contributed by atoms with Crippen molar-refractivity contribution in [2.45, 2.75) is 6.54 Å². The van der Waals surface area contributed by atoms with E-state index in [1.165, 1.54) is 0 Å².